The average molecular weight is 503 g/mol. The summed E-state index contributed by atoms with van der Waals surface area (Å²) in [5.41, 5.74) is 1.01. The van der Waals surface area contributed by atoms with Gasteiger partial charge >= 0.3 is 0 Å². The van der Waals surface area contributed by atoms with Gasteiger partial charge in [-0.1, -0.05) is 24.3 Å². The first-order valence-corrected chi connectivity index (χ1v) is 10.1. The monoisotopic (exact) mass is 503 g/mol. The fourth-order valence-electron chi connectivity index (χ4n) is 2.23. The van der Waals surface area contributed by atoms with Gasteiger partial charge in [-0.25, -0.2) is 13.1 Å². The van der Waals surface area contributed by atoms with Crippen LogP contribution in [0.1, 0.15) is 12.6 Å². The smallest absolute Gasteiger partial charge is 0.240 e. The van der Waals surface area contributed by atoms with Gasteiger partial charge in [0.15, 0.2) is 5.96 Å². The predicted octanol–water partition coefficient (Wildman–Crippen LogP) is 1.78. The molecule has 0 radical (unpaired) electrons. The van der Waals surface area contributed by atoms with Crippen LogP contribution in [0.4, 0.5) is 0 Å². The van der Waals surface area contributed by atoms with E-state index in [-0.39, 0.29) is 35.4 Å². The summed E-state index contributed by atoms with van der Waals surface area (Å²) in [6.45, 7) is 3.97. The standard InChI is InChI=1S/C18H25N5O2S.HI/c1-2-19-18(21-13-11-16-8-6-7-12-20-16)22-14-15-23-26(24,25)17-9-4-3-5-10-17;/h3-10,12,23H,2,11,13-15H2,1H3,(H2,19,21,22);1H. The van der Waals surface area contributed by atoms with Crippen LogP contribution in [0.15, 0.2) is 64.6 Å². The molecule has 0 unspecified atom stereocenters. The minimum absolute atomic E-state index is 0. The van der Waals surface area contributed by atoms with Crippen molar-refractivity contribution in [3.05, 3.63) is 60.4 Å². The van der Waals surface area contributed by atoms with Crippen LogP contribution in [-0.4, -0.2) is 45.5 Å². The van der Waals surface area contributed by atoms with E-state index < -0.39 is 10.0 Å². The second-order valence-corrected chi connectivity index (χ2v) is 7.24. The Morgan fingerprint density at radius 2 is 1.78 bits per heavy atom. The number of nitrogens with one attached hydrogen (secondary N) is 3. The fourth-order valence-corrected chi connectivity index (χ4v) is 3.27. The quantitative estimate of drug-likeness (QED) is 0.210. The molecule has 1 aromatic heterocycles. The van der Waals surface area contributed by atoms with Crippen molar-refractivity contribution in [1.29, 1.82) is 0 Å². The molecule has 2 aromatic rings. The van der Waals surface area contributed by atoms with Gasteiger partial charge in [0.1, 0.15) is 0 Å². The first-order chi connectivity index (χ1) is 12.6. The highest BCUT2D eigenvalue weighted by molar-refractivity contribution is 14.0. The number of hydrogen-bond acceptors (Lipinski definition) is 4. The minimum Gasteiger partial charge on any atom is -0.357 e. The summed E-state index contributed by atoms with van der Waals surface area (Å²) in [7, 11) is -3.49. The Morgan fingerprint density at radius 1 is 1.04 bits per heavy atom. The summed E-state index contributed by atoms with van der Waals surface area (Å²) in [6, 6.07) is 14.1. The van der Waals surface area contributed by atoms with Crippen molar-refractivity contribution < 1.29 is 8.42 Å². The first kappa shape index (κ1) is 23.3. The number of pyridine rings is 1. The molecular formula is C18H26IN5O2S. The third-order valence-corrected chi connectivity index (χ3v) is 4.95. The van der Waals surface area contributed by atoms with Gasteiger partial charge in [0.25, 0.3) is 0 Å². The summed E-state index contributed by atoms with van der Waals surface area (Å²) in [5.74, 6) is 0.655. The van der Waals surface area contributed by atoms with Gasteiger partial charge in [-0.3, -0.25) is 9.98 Å². The van der Waals surface area contributed by atoms with E-state index >= 15 is 0 Å². The Balaban J connectivity index is 0.00000364. The largest absolute Gasteiger partial charge is 0.357 e. The molecule has 148 valence electrons. The second kappa shape index (κ2) is 12.6. The van der Waals surface area contributed by atoms with Crippen molar-refractivity contribution in [2.75, 3.05) is 26.2 Å². The van der Waals surface area contributed by atoms with E-state index in [1.165, 1.54) is 0 Å². The van der Waals surface area contributed by atoms with E-state index in [2.05, 4.69) is 25.3 Å². The molecule has 0 atom stereocenters. The summed E-state index contributed by atoms with van der Waals surface area (Å²) < 4.78 is 26.8. The van der Waals surface area contributed by atoms with Crippen LogP contribution in [0.3, 0.4) is 0 Å². The number of nitrogens with zero attached hydrogens (tertiary/aromatic N) is 2. The number of guanidine groups is 1. The van der Waals surface area contributed by atoms with E-state index in [0.29, 0.717) is 19.0 Å². The third-order valence-electron chi connectivity index (χ3n) is 3.47. The Labute approximate surface area is 178 Å². The molecule has 0 fully saturated rings. The molecule has 0 saturated heterocycles. The van der Waals surface area contributed by atoms with Crippen LogP contribution in [0.5, 0.6) is 0 Å². The number of benzene rings is 1. The predicted molar refractivity (Wildman–Crippen MR) is 119 cm³/mol. The van der Waals surface area contributed by atoms with Crippen molar-refractivity contribution in [3.63, 3.8) is 0 Å². The zero-order chi connectivity index (χ0) is 18.7. The lowest BCUT2D eigenvalue weighted by Gasteiger charge is -2.11. The van der Waals surface area contributed by atoms with E-state index in [4.69, 9.17) is 0 Å². The Hall–Kier alpha value is -1.72. The van der Waals surface area contributed by atoms with E-state index in [1.54, 1.807) is 36.5 Å². The lowest BCUT2D eigenvalue weighted by molar-refractivity contribution is 0.582. The molecule has 0 saturated carbocycles. The maximum Gasteiger partial charge on any atom is 0.240 e. The van der Waals surface area contributed by atoms with Gasteiger partial charge in [0.2, 0.25) is 10.0 Å². The van der Waals surface area contributed by atoms with Gasteiger partial charge in [-0.05, 0) is 31.2 Å². The topological polar surface area (TPSA) is 95.5 Å². The molecule has 0 aliphatic rings. The van der Waals surface area contributed by atoms with Crippen LogP contribution in [0, 0.1) is 0 Å². The van der Waals surface area contributed by atoms with Crippen LogP contribution < -0.4 is 15.4 Å². The highest BCUT2D eigenvalue weighted by Gasteiger charge is 2.11. The summed E-state index contributed by atoms with van der Waals surface area (Å²) in [5, 5.41) is 6.36. The highest BCUT2D eigenvalue weighted by Crippen LogP contribution is 2.06. The van der Waals surface area contributed by atoms with Crippen molar-refractivity contribution in [1.82, 2.24) is 20.3 Å². The molecule has 0 aliphatic heterocycles. The zero-order valence-corrected chi connectivity index (χ0v) is 18.4. The number of aromatic nitrogens is 1. The number of aliphatic imine (C=N–C) groups is 1. The van der Waals surface area contributed by atoms with E-state index in [0.717, 1.165) is 18.7 Å². The van der Waals surface area contributed by atoms with Crippen molar-refractivity contribution in [3.8, 4) is 0 Å². The summed E-state index contributed by atoms with van der Waals surface area (Å²) in [6.07, 6.45) is 2.55. The fraction of sp³-hybridized carbons (Fsp3) is 0.333. The van der Waals surface area contributed by atoms with Gasteiger partial charge in [0, 0.05) is 37.9 Å². The molecule has 3 N–H and O–H groups in total. The van der Waals surface area contributed by atoms with Crippen molar-refractivity contribution in [2.24, 2.45) is 4.99 Å². The van der Waals surface area contributed by atoms with E-state index in [1.807, 2.05) is 25.1 Å². The highest BCUT2D eigenvalue weighted by atomic mass is 127. The molecule has 0 spiro atoms. The first-order valence-electron chi connectivity index (χ1n) is 8.58. The Morgan fingerprint density at radius 3 is 2.44 bits per heavy atom. The lowest BCUT2D eigenvalue weighted by atomic mass is 10.3. The molecule has 27 heavy (non-hydrogen) atoms. The van der Waals surface area contributed by atoms with E-state index in [9.17, 15) is 8.42 Å². The molecule has 7 nitrogen and oxygen atoms in total. The van der Waals surface area contributed by atoms with Crippen LogP contribution in [0.2, 0.25) is 0 Å². The molecular weight excluding hydrogens is 477 g/mol. The normalized spacial score (nSPS) is 11.5. The molecule has 1 aromatic carbocycles. The molecule has 1 heterocycles. The Kier molecular flexibility index (Phi) is 10.9. The van der Waals surface area contributed by atoms with Crippen LogP contribution >= 0.6 is 24.0 Å². The second-order valence-electron chi connectivity index (χ2n) is 5.47. The average Bonchev–Trinajstić information content (AvgIpc) is 2.67. The Bertz CT molecular complexity index is 786. The van der Waals surface area contributed by atoms with Crippen LogP contribution in [-0.2, 0) is 16.4 Å². The maximum atomic E-state index is 12.1. The number of rotatable bonds is 9. The summed E-state index contributed by atoms with van der Waals surface area (Å²) >= 11 is 0. The lowest BCUT2D eigenvalue weighted by Crippen LogP contribution is -2.39. The molecule has 0 aliphatic carbocycles. The van der Waals surface area contributed by atoms with Gasteiger partial charge in [-0.2, -0.15) is 0 Å². The van der Waals surface area contributed by atoms with Gasteiger partial charge in [-0.15, -0.1) is 24.0 Å². The van der Waals surface area contributed by atoms with Gasteiger partial charge in [0.05, 0.1) is 11.4 Å². The molecule has 2 rings (SSSR count). The summed E-state index contributed by atoms with van der Waals surface area (Å²) in [4.78, 5) is 8.92. The number of halogens is 1. The zero-order valence-electron chi connectivity index (χ0n) is 15.3. The van der Waals surface area contributed by atoms with Crippen molar-refractivity contribution in [2.45, 2.75) is 18.2 Å². The molecule has 9 heteroatoms. The molecule has 0 bridgehead atoms. The number of sulfonamides is 1. The van der Waals surface area contributed by atoms with Crippen molar-refractivity contribution >= 4 is 40.0 Å². The minimum atomic E-state index is -3.49. The number of hydrogen-bond donors (Lipinski definition) is 3. The van der Waals surface area contributed by atoms with Crippen LogP contribution in [0.25, 0.3) is 0 Å². The maximum absolute atomic E-state index is 12.1. The van der Waals surface area contributed by atoms with Gasteiger partial charge < -0.3 is 10.6 Å². The third kappa shape index (κ3) is 8.67. The SMILES string of the molecule is CCNC(=NCCNS(=O)(=O)c1ccccc1)NCCc1ccccn1.I. The molecule has 0 amide bonds.